The monoisotopic (exact) mass is 401 g/mol. The highest BCUT2D eigenvalue weighted by atomic mass is 32.2. The first-order chi connectivity index (χ1) is 12.0. The van der Waals surface area contributed by atoms with Crippen molar-refractivity contribution in [3.05, 3.63) is 47.7 Å². The van der Waals surface area contributed by atoms with Crippen molar-refractivity contribution >= 4 is 43.1 Å². The van der Waals surface area contributed by atoms with Gasteiger partial charge in [-0.2, -0.15) is 17.5 Å². The van der Waals surface area contributed by atoms with Crippen LogP contribution in [0, 0.1) is 0 Å². The van der Waals surface area contributed by atoms with Crippen LogP contribution >= 0.6 is 11.3 Å². The molecule has 0 N–H and O–H groups in total. The molecule has 4 nitrogen and oxygen atoms in total. The lowest BCUT2D eigenvalue weighted by Gasteiger charge is -2.14. The number of allylic oxidation sites excluding steroid dienone is 3. The summed E-state index contributed by atoms with van der Waals surface area (Å²) in [5.41, 5.74) is 0.156. The molecule has 2 atom stereocenters. The van der Waals surface area contributed by atoms with Crippen molar-refractivity contribution in [1.29, 1.82) is 0 Å². The number of hydrogen-bond acceptors (Lipinski definition) is 5. The van der Waals surface area contributed by atoms with E-state index in [1.54, 1.807) is 13.8 Å². The molecule has 0 bridgehead atoms. The van der Waals surface area contributed by atoms with Gasteiger partial charge in [0, 0.05) is 6.26 Å². The highest BCUT2D eigenvalue weighted by Crippen LogP contribution is 2.30. The maximum absolute atomic E-state index is 13.0. The first-order valence-corrected chi connectivity index (χ1v) is 10.3. The summed E-state index contributed by atoms with van der Waals surface area (Å²) in [6.07, 6.45) is -1.03. The zero-order valence-electron chi connectivity index (χ0n) is 14.4. The average Bonchev–Trinajstić information content (AvgIpc) is 2.94. The number of thiazole rings is 1. The van der Waals surface area contributed by atoms with Crippen molar-refractivity contribution in [2.75, 3.05) is 6.26 Å². The molecule has 9 heteroatoms. The first-order valence-electron chi connectivity index (χ1n) is 7.53. The summed E-state index contributed by atoms with van der Waals surface area (Å²) in [7, 11) is -2.75. The minimum atomic E-state index is -4.58. The quantitative estimate of drug-likeness (QED) is 0.490. The van der Waals surface area contributed by atoms with E-state index < -0.39 is 26.9 Å². The molecule has 0 amide bonds. The van der Waals surface area contributed by atoms with Gasteiger partial charge in [0.15, 0.2) is 0 Å². The molecule has 2 unspecified atom stereocenters. The van der Waals surface area contributed by atoms with Crippen LogP contribution in [0.4, 0.5) is 18.3 Å². The van der Waals surface area contributed by atoms with Gasteiger partial charge in [0.25, 0.3) is 0 Å². The standard InChI is InChI=1S/C17H18F3N3OS2/c1-11(9-10-15(21-3)17(18,19)20)12(2)26(4,24)23-16-22-13-7-5-6-8-14(13)25-16/h5-10,12H,3H2,1-2,4H3/b11-9+,15-10-. The van der Waals surface area contributed by atoms with E-state index in [1.165, 1.54) is 23.7 Å². The van der Waals surface area contributed by atoms with E-state index in [-0.39, 0.29) is 0 Å². The Labute approximate surface area is 154 Å². The van der Waals surface area contributed by atoms with Crippen LogP contribution in [-0.2, 0) is 9.73 Å². The summed E-state index contributed by atoms with van der Waals surface area (Å²) in [6.45, 7) is 6.19. The summed E-state index contributed by atoms with van der Waals surface area (Å²) in [4.78, 5) is 7.31. The molecule has 0 saturated heterocycles. The summed E-state index contributed by atoms with van der Waals surface area (Å²) >= 11 is 1.32. The number of rotatable bonds is 5. The topological polar surface area (TPSA) is 54.7 Å². The lowest BCUT2D eigenvalue weighted by molar-refractivity contribution is -0.0922. The molecule has 0 fully saturated rings. The summed E-state index contributed by atoms with van der Waals surface area (Å²) < 4.78 is 56.2. The third-order valence-corrected chi connectivity index (χ3v) is 7.07. The van der Waals surface area contributed by atoms with Gasteiger partial charge in [0.2, 0.25) is 5.13 Å². The van der Waals surface area contributed by atoms with Gasteiger partial charge in [-0.1, -0.05) is 35.1 Å². The number of halogens is 3. The zero-order valence-corrected chi connectivity index (χ0v) is 16.1. The fraction of sp³-hybridized carbons (Fsp3) is 0.294. The number of para-hydroxylation sites is 1. The number of aliphatic imine (C=N–C) groups is 1. The van der Waals surface area contributed by atoms with Gasteiger partial charge in [0.05, 0.1) is 25.2 Å². The second kappa shape index (κ2) is 7.71. The van der Waals surface area contributed by atoms with Gasteiger partial charge in [-0.3, -0.25) is 4.99 Å². The normalized spacial score (nSPS) is 17.0. The molecule has 0 aliphatic carbocycles. The maximum Gasteiger partial charge on any atom is 0.433 e. The molecule has 0 spiro atoms. The Bertz CT molecular complexity index is 963. The Kier molecular flexibility index (Phi) is 6.02. The van der Waals surface area contributed by atoms with Crippen molar-refractivity contribution < 1.29 is 17.4 Å². The zero-order chi connectivity index (χ0) is 19.5. The minimum absolute atomic E-state index is 0.387. The Morgan fingerprint density at radius 2 is 2.00 bits per heavy atom. The molecule has 140 valence electrons. The second-order valence-electron chi connectivity index (χ2n) is 5.68. The Hall–Kier alpha value is -2.00. The predicted octanol–water partition coefficient (Wildman–Crippen LogP) is 5.51. The smallest absolute Gasteiger partial charge is 0.260 e. The van der Waals surface area contributed by atoms with Crippen LogP contribution in [0.3, 0.4) is 0 Å². The third-order valence-electron chi connectivity index (χ3n) is 3.80. The van der Waals surface area contributed by atoms with Crippen LogP contribution in [0.2, 0.25) is 0 Å². The van der Waals surface area contributed by atoms with Crippen molar-refractivity contribution in [3.63, 3.8) is 0 Å². The first kappa shape index (κ1) is 20.3. The van der Waals surface area contributed by atoms with Crippen molar-refractivity contribution in [1.82, 2.24) is 4.98 Å². The number of benzene rings is 1. The Balaban J connectivity index is 2.35. The molecule has 2 rings (SSSR count). The van der Waals surface area contributed by atoms with Gasteiger partial charge >= 0.3 is 6.18 Å². The van der Waals surface area contributed by atoms with E-state index in [0.29, 0.717) is 10.7 Å². The Morgan fingerprint density at radius 3 is 2.58 bits per heavy atom. The van der Waals surface area contributed by atoms with Crippen LogP contribution < -0.4 is 0 Å². The van der Waals surface area contributed by atoms with E-state index in [1.807, 2.05) is 24.3 Å². The number of nitrogens with zero attached hydrogens (tertiary/aromatic N) is 3. The molecule has 26 heavy (non-hydrogen) atoms. The number of hydrogen-bond donors (Lipinski definition) is 0. The number of alkyl halides is 3. The van der Waals surface area contributed by atoms with E-state index >= 15 is 0 Å². The molecule has 1 aromatic heterocycles. The molecular formula is C17H18F3N3OS2. The van der Waals surface area contributed by atoms with E-state index in [9.17, 15) is 17.4 Å². The number of fused-ring (bicyclic) bond motifs is 1. The van der Waals surface area contributed by atoms with Gasteiger partial charge in [-0.05, 0) is 38.8 Å². The minimum Gasteiger partial charge on any atom is -0.260 e. The molecule has 0 radical (unpaired) electrons. The Morgan fingerprint density at radius 1 is 1.35 bits per heavy atom. The molecule has 0 saturated carbocycles. The summed E-state index contributed by atoms with van der Waals surface area (Å²) in [6, 6.07) is 7.45. The van der Waals surface area contributed by atoms with Crippen LogP contribution in [0.5, 0.6) is 0 Å². The second-order valence-corrected chi connectivity index (χ2v) is 9.30. The fourth-order valence-electron chi connectivity index (χ4n) is 2.06. The predicted molar refractivity (Wildman–Crippen MR) is 103 cm³/mol. The van der Waals surface area contributed by atoms with Crippen LogP contribution in [0.15, 0.2) is 57.0 Å². The van der Waals surface area contributed by atoms with Crippen LogP contribution in [0.1, 0.15) is 13.8 Å². The van der Waals surface area contributed by atoms with Crippen molar-refractivity contribution in [3.8, 4) is 0 Å². The molecule has 1 aromatic carbocycles. The number of aromatic nitrogens is 1. The van der Waals surface area contributed by atoms with E-state index in [0.717, 1.165) is 16.3 Å². The molecule has 0 aliphatic rings. The maximum atomic E-state index is 13.0. The molecule has 0 aliphatic heterocycles. The molecule has 2 aromatic rings. The highest BCUT2D eigenvalue weighted by Gasteiger charge is 2.32. The fourth-order valence-corrected chi connectivity index (χ4v) is 4.64. The largest absolute Gasteiger partial charge is 0.433 e. The van der Waals surface area contributed by atoms with Crippen molar-refractivity contribution in [2.24, 2.45) is 9.36 Å². The van der Waals surface area contributed by atoms with Gasteiger partial charge in [-0.15, -0.1) is 0 Å². The highest BCUT2D eigenvalue weighted by molar-refractivity contribution is 7.93. The van der Waals surface area contributed by atoms with E-state index in [4.69, 9.17) is 0 Å². The summed E-state index contributed by atoms with van der Waals surface area (Å²) in [5.74, 6) is 0. The van der Waals surface area contributed by atoms with Crippen LogP contribution in [0.25, 0.3) is 10.2 Å². The lowest BCUT2D eigenvalue weighted by atomic mass is 10.2. The molecular weight excluding hydrogens is 383 g/mol. The SMILES string of the molecule is C=N/C(=C\C=C(/C)C(C)S(C)(=O)=Nc1nc2ccccc2s1)C(F)(F)F. The summed E-state index contributed by atoms with van der Waals surface area (Å²) in [5, 5.41) is -0.178. The van der Waals surface area contributed by atoms with Gasteiger partial charge in [-0.25, -0.2) is 9.19 Å². The third kappa shape index (κ3) is 4.79. The molecule has 1 heterocycles. The lowest BCUT2D eigenvalue weighted by Crippen LogP contribution is -2.17. The van der Waals surface area contributed by atoms with Crippen molar-refractivity contribution in [2.45, 2.75) is 25.3 Å². The average molecular weight is 401 g/mol. The van der Waals surface area contributed by atoms with Crippen LogP contribution in [-0.4, -0.2) is 33.6 Å². The van der Waals surface area contributed by atoms with E-state index in [2.05, 4.69) is 21.1 Å². The van der Waals surface area contributed by atoms with Gasteiger partial charge < -0.3 is 0 Å². The van der Waals surface area contributed by atoms with Gasteiger partial charge in [0.1, 0.15) is 5.70 Å².